The molecule has 0 bridgehead atoms. The van der Waals surface area contributed by atoms with Crippen molar-refractivity contribution in [3.05, 3.63) is 35.4 Å². The molecule has 1 atom stereocenters. The highest BCUT2D eigenvalue weighted by atomic mass is 16.5. The van der Waals surface area contributed by atoms with Gasteiger partial charge in [-0.05, 0) is 54.2 Å². The van der Waals surface area contributed by atoms with E-state index < -0.39 is 0 Å². The molecule has 0 aromatic heterocycles. The lowest BCUT2D eigenvalue weighted by Crippen LogP contribution is -2.25. The maximum absolute atomic E-state index is 11.8. The number of allylic oxidation sites excluding steroid dienone is 2. The Bertz CT molecular complexity index is 556. The Kier molecular flexibility index (Phi) is 2.96. The molecule has 0 N–H and O–H groups in total. The molecule has 2 aliphatic rings. The lowest BCUT2D eigenvalue weighted by atomic mass is 9.70. The predicted octanol–water partition coefficient (Wildman–Crippen LogP) is 3.78. The zero-order valence-corrected chi connectivity index (χ0v) is 11.7. The third kappa shape index (κ3) is 1.90. The number of ketones is 1. The second-order valence-corrected chi connectivity index (χ2v) is 5.75. The topological polar surface area (TPSA) is 26.3 Å². The Balaban J connectivity index is 2.10. The normalized spacial score (nSPS) is 24.7. The van der Waals surface area contributed by atoms with Crippen LogP contribution in [0.3, 0.4) is 0 Å². The van der Waals surface area contributed by atoms with Gasteiger partial charge in [-0.15, -0.1) is 0 Å². The SMILES string of the molecule is CCC[C@@]12CCC(=O)C=C1c1ccc(OC)cc1C2. The van der Waals surface area contributed by atoms with Crippen molar-refractivity contribution in [1.29, 1.82) is 0 Å². The van der Waals surface area contributed by atoms with Gasteiger partial charge in [0.1, 0.15) is 5.75 Å². The summed E-state index contributed by atoms with van der Waals surface area (Å²) in [6.07, 6.45) is 7.00. The van der Waals surface area contributed by atoms with Gasteiger partial charge in [0.25, 0.3) is 0 Å². The van der Waals surface area contributed by atoms with Crippen molar-refractivity contribution in [1.82, 2.24) is 0 Å². The molecule has 1 aromatic rings. The third-order valence-corrected chi connectivity index (χ3v) is 4.59. The highest BCUT2D eigenvalue weighted by Crippen LogP contribution is 2.54. The first-order valence-corrected chi connectivity index (χ1v) is 7.11. The first-order valence-electron chi connectivity index (χ1n) is 7.11. The minimum atomic E-state index is 0.206. The molecule has 0 heterocycles. The van der Waals surface area contributed by atoms with Gasteiger partial charge in [0.15, 0.2) is 5.78 Å². The molecule has 2 heteroatoms. The Hall–Kier alpha value is -1.57. The fraction of sp³-hybridized carbons (Fsp3) is 0.471. The van der Waals surface area contributed by atoms with Gasteiger partial charge < -0.3 is 4.74 Å². The molecule has 0 saturated carbocycles. The van der Waals surface area contributed by atoms with E-state index in [9.17, 15) is 4.79 Å². The van der Waals surface area contributed by atoms with Crippen molar-refractivity contribution in [2.45, 2.75) is 39.0 Å². The number of benzene rings is 1. The Morgan fingerprint density at radius 3 is 2.95 bits per heavy atom. The van der Waals surface area contributed by atoms with Crippen LogP contribution in [0.2, 0.25) is 0 Å². The molecule has 2 aliphatic carbocycles. The van der Waals surface area contributed by atoms with E-state index >= 15 is 0 Å². The number of fused-ring (bicyclic) bond motifs is 3. The molecular weight excluding hydrogens is 236 g/mol. The number of hydrogen-bond acceptors (Lipinski definition) is 2. The molecule has 19 heavy (non-hydrogen) atoms. The third-order valence-electron chi connectivity index (χ3n) is 4.59. The number of rotatable bonds is 3. The van der Waals surface area contributed by atoms with Crippen LogP contribution in [0.1, 0.15) is 43.7 Å². The average molecular weight is 256 g/mol. The zero-order valence-electron chi connectivity index (χ0n) is 11.7. The molecule has 0 fully saturated rings. The Morgan fingerprint density at radius 2 is 2.21 bits per heavy atom. The summed E-state index contributed by atoms with van der Waals surface area (Å²) >= 11 is 0. The fourth-order valence-corrected chi connectivity index (χ4v) is 3.73. The van der Waals surface area contributed by atoms with Crippen LogP contribution < -0.4 is 4.74 Å². The van der Waals surface area contributed by atoms with Crippen LogP contribution in [0.4, 0.5) is 0 Å². The van der Waals surface area contributed by atoms with Gasteiger partial charge >= 0.3 is 0 Å². The number of methoxy groups -OCH3 is 1. The van der Waals surface area contributed by atoms with E-state index in [2.05, 4.69) is 19.1 Å². The minimum absolute atomic E-state index is 0.206. The molecule has 3 rings (SSSR count). The quantitative estimate of drug-likeness (QED) is 0.822. The average Bonchev–Trinajstić information content (AvgIpc) is 2.72. The van der Waals surface area contributed by atoms with E-state index in [4.69, 9.17) is 4.74 Å². The van der Waals surface area contributed by atoms with Crippen LogP contribution in [-0.4, -0.2) is 12.9 Å². The fourth-order valence-electron chi connectivity index (χ4n) is 3.73. The van der Waals surface area contributed by atoms with E-state index in [-0.39, 0.29) is 11.2 Å². The highest BCUT2D eigenvalue weighted by Gasteiger charge is 2.43. The van der Waals surface area contributed by atoms with Crippen LogP contribution in [0.5, 0.6) is 5.75 Å². The van der Waals surface area contributed by atoms with Gasteiger partial charge in [-0.3, -0.25) is 4.79 Å². The molecule has 100 valence electrons. The molecule has 1 aromatic carbocycles. The summed E-state index contributed by atoms with van der Waals surface area (Å²) in [6, 6.07) is 6.26. The van der Waals surface area contributed by atoms with Crippen LogP contribution in [0.15, 0.2) is 24.3 Å². The molecule has 0 amide bonds. The van der Waals surface area contributed by atoms with Crippen LogP contribution >= 0.6 is 0 Å². The molecule has 2 nitrogen and oxygen atoms in total. The van der Waals surface area contributed by atoms with E-state index in [0.29, 0.717) is 6.42 Å². The monoisotopic (exact) mass is 256 g/mol. The molecular formula is C17H20O2. The van der Waals surface area contributed by atoms with E-state index in [1.807, 2.05) is 12.1 Å². The summed E-state index contributed by atoms with van der Waals surface area (Å²) in [5, 5.41) is 0. The molecule has 0 aliphatic heterocycles. The summed E-state index contributed by atoms with van der Waals surface area (Å²) in [5.41, 5.74) is 4.09. The second-order valence-electron chi connectivity index (χ2n) is 5.75. The summed E-state index contributed by atoms with van der Waals surface area (Å²) in [6.45, 7) is 2.23. The van der Waals surface area contributed by atoms with Gasteiger partial charge in [-0.25, -0.2) is 0 Å². The van der Waals surface area contributed by atoms with Gasteiger partial charge in [-0.2, -0.15) is 0 Å². The van der Waals surface area contributed by atoms with Crippen LogP contribution in [0.25, 0.3) is 5.57 Å². The van der Waals surface area contributed by atoms with Gasteiger partial charge in [0, 0.05) is 11.8 Å². The predicted molar refractivity (Wildman–Crippen MR) is 76.3 cm³/mol. The van der Waals surface area contributed by atoms with Crippen molar-refractivity contribution in [2.24, 2.45) is 5.41 Å². The molecule has 0 spiro atoms. The lowest BCUT2D eigenvalue weighted by Gasteiger charge is -2.33. The number of ether oxygens (including phenoxy) is 1. The summed E-state index contributed by atoms with van der Waals surface area (Å²) < 4.78 is 5.32. The van der Waals surface area contributed by atoms with Crippen molar-refractivity contribution >= 4 is 11.4 Å². The number of carbonyl (C=O) groups is 1. The summed E-state index contributed by atoms with van der Waals surface area (Å²) in [7, 11) is 1.70. The van der Waals surface area contributed by atoms with E-state index in [1.165, 1.54) is 23.1 Å². The van der Waals surface area contributed by atoms with Crippen LogP contribution in [-0.2, 0) is 11.2 Å². The van der Waals surface area contributed by atoms with Crippen LogP contribution in [0, 0.1) is 5.41 Å². The van der Waals surface area contributed by atoms with Crippen molar-refractivity contribution in [3.63, 3.8) is 0 Å². The van der Waals surface area contributed by atoms with Gasteiger partial charge in [-0.1, -0.05) is 19.4 Å². The number of carbonyl (C=O) groups excluding carboxylic acids is 1. The molecule has 0 radical (unpaired) electrons. The van der Waals surface area contributed by atoms with Crippen molar-refractivity contribution in [2.75, 3.05) is 7.11 Å². The first kappa shape index (κ1) is 12.5. The standard InChI is InChI=1S/C17H20O2/c1-3-7-17-8-6-13(18)10-16(17)15-5-4-14(19-2)9-12(15)11-17/h4-5,9-10H,3,6-8,11H2,1-2H3/t17-/m0/s1. The van der Waals surface area contributed by atoms with E-state index in [1.54, 1.807) is 7.11 Å². The smallest absolute Gasteiger partial charge is 0.156 e. The number of hydrogen-bond donors (Lipinski definition) is 0. The molecule has 0 saturated heterocycles. The second kappa shape index (κ2) is 4.52. The highest BCUT2D eigenvalue weighted by molar-refractivity contribution is 6.01. The summed E-state index contributed by atoms with van der Waals surface area (Å²) in [5.74, 6) is 1.20. The zero-order chi connectivity index (χ0) is 13.5. The van der Waals surface area contributed by atoms with Gasteiger partial charge in [0.2, 0.25) is 0 Å². The maximum Gasteiger partial charge on any atom is 0.156 e. The van der Waals surface area contributed by atoms with Gasteiger partial charge in [0.05, 0.1) is 7.11 Å². The Labute approximate surface area is 114 Å². The minimum Gasteiger partial charge on any atom is -0.497 e. The Morgan fingerprint density at radius 1 is 1.37 bits per heavy atom. The lowest BCUT2D eigenvalue weighted by molar-refractivity contribution is -0.115. The molecule has 0 unspecified atom stereocenters. The maximum atomic E-state index is 11.8. The largest absolute Gasteiger partial charge is 0.497 e. The van der Waals surface area contributed by atoms with E-state index in [0.717, 1.165) is 25.0 Å². The summed E-state index contributed by atoms with van der Waals surface area (Å²) in [4.78, 5) is 11.8. The van der Waals surface area contributed by atoms with Crippen molar-refractivity contribution in [3.8, 4) is 5.75 Å². The van der Waals surface area contributed by atoms with Crippen molar-refractivity contribution < 1.29 is 9.53 Å². The first-order chi connectivity index (χ1) is 9.18.